The molecule has 5 rings (SSSR count). The molecular weight excluding hydrogens is 677 g/mol. The third-order valence-corrected chi connectivity index (χ3v) is 8.54. The number of rotatable bonds is 10. The number of para-hydroxylation sites is 1. The largest absolute Gasteiger partial charge is 0.457 e. The molecule has 0 bridgehead atoms. The van der Waals surface area contributed by atoms with Crippen molar-refractivity contribution < 1.29 is 38.2 Å². The number of carbonyl (C=O) groups excluding carboxylic acids is 6. The summed E-state index contributed by atoms with van der Waals surface area (Å²) in [6.07, 6.45) is 0.613. The molecule has 13 nitrogen and oxygen atoms in total. The van der Waals surface area contributed by atoms with E-state index in [1.165, 1.54) is 24.1 Å². The smallest absolute Gasteiger partial charge is 0.341 e. The van der Waals surface area contributed by atoms with Crippen LogP contribution >= 0.6 is 23.2 Å². The molecule has 3 aromatic rings. The van der Waals surface area contributed by atoms with E-state index >= 15 is 0 Å². The number of fused-ring (bicyclic) bond motifs is 1. The summed E-state index contributed by atoms with van der Waals surface area (Å²) >= 11 is 12.1. The standard InChI is InChI=1S/C34H33Cl2N5O8/c1-20(28(42)19-48-33(46)30-24(35)9-5-10-25(30)36)37-31(44)27-11-6-18-40-29(43)17-16-26(32(45)41(27)40)39-34(47)38-21-12-14-23(15-13-21)49-22-7-3-2-4-8-22/h2-5,7-10,12-15,20,26-27H,6,11,16-19H2,1H3,(H,37,44)(H2,38,39,47)/t20-,26?,27-/m0/s1. The minimum absolute atomic E-state index is 0.0198. The first kappa shape index (κ1) is 35.2. The Bertz CT molecular complexity index is 1720. The van der Waals surface area contributed by atoms with E-state index in [1.807, 2.05) is 30.3 Å². The monoisotopic (exact) mass is 709 g/mol. The van der Waals surface area contributed by atoms with Crippen LogP contribution in [0.2, 0.25) is 10.0 Å². The topological polar surface area (TPSA) is 163 Å². The molecule has 2 saturated heterocycles. The van der Waals surface area contributed by atoms with Gasteiger partial charge in [0.15, 0.2) is 12.4 Å². The summed E-state index contributed by atoms with van der Waals surface area (Å²) in [6.45, 7) is 0.935. The predicted octanol–water partition coefficient (Wildman–Crippen LogP) is 4.74. The Morgan fingerprint density at radius 1 is 0.898 bits per heavy atom. The first-order valence-corrected chi connectivity index (χ1v) is 16.3. The molecule has 15 heteroatoms. The maximum Gasteiger partial charge on any atom is 0.341 e. The fourth-order valence-electron chi connectivity index (χ4n) is 5.38. The molecule has 0 aromatic heterocycles. The van der Waals surface area contributed by atoms with Crippen LogP contribution in [0.15, 0.2) is 72.8 Å². The van der Waals surface area contributed by atoms with Crippen LogP contribution in [-0.4, -0.2) is 76.8 Å². The van der Waals surface area contributed by atoms with E-state index < -0.39 is 54.3 Å². The highest BCUT2D eigenvalue weighted by Crippen LogP contribution is 2.27. The van der Waals surface area contributed by atoms with Crippen molar-refractivity contribution in [2.45, 2.75) is 50.7 Å². The van der Waals surface area contributed by atoms with Crippen molar-refractivity contribution in [3.63, 3.8) is 0 Å². The van der Waals surface area contributed by atoms with Gasteiger partial charge in [0.05, 0.1) is 21.7 Å². The fraction of sp³-hybridized carbons (Fsp3) is 0.294. The molecule has 2 aliphatic rings. The van der Waals surface area contributed by atoms with Crippen molar-refractivity contribution in [3.8, 4) is 11.5 Å². The van der Waals surface area contributed by atoms with Gasteiger partial charge in [-0.05, 0) is 74.7 Å². The zero-order chi connectivity index (χ0) is 35.1. The van der Waals surface area contributed by atoms with Crippen LogP contribution < -0.4 is 20.7 Å². The maximum absolute atomic E-state index is 13.8. The second-order valence-corrected chi connectivity index (χ2v) is 12.2. The molecule has 0 aliphatic carbocycles. The number of esters is 1. The molecule has 1 unspecified atom stereocenters. The van der Waals surface area contributed by atoms with Gasteiger partial charge < -0.3 is 25.4 Å². The van der Waals surface area contributed by atoms with Crippen molar-refractivity contribution in [1.29, 1.82) is 0 Å². The van der Waals surface area contributed by atoms with E-state index in [0.29, 0.717) is 23.6 Å². The van der Waals surface area contributed by atoms with Crippen molar-refractivity contribution in [1.82, 2.24) is 20.7 Å². The SMILES string of the molecule is C[C@H](NC(=O)[C@@H]1CCCN2C(=O)CCC(NC(=O)Nc3ccc(Oc4ccccc4)cc3)C(=O)N12)C(=O)COC(=O)c1c(Cl)cccc1Cl. The zero-order valence-corrected chi connectivity index (χ0v) is 27.8. The number of nitrogens with zero attached hydrogens (tertiary/aromatic N) is 2. The molecule has 5 amide bonds. The molecule has 3 aromatic carbocycles. The second kappa shape index (κ2) is 15.8. The Hall–Kier alpha value is -5.14. The van der Waals surface area contributed by atoms with Gasteiger partial charge in [-0.15, -0.1) is 0 Å². The molecule has 2 fully saturated rings. The highest BCUT2D eigenvalue weighted by atomic mass is 35.5. The lowest BCUT2D eigenvalue weighted by Gasteiger charge is -2.43. The number of ether oxygens (including phenoxy) is 2. The summed E-state index contributed by atoms with van der Waals surface area (Å²) in [6, 6.07) is 16.2. The van der Waals surface area contributed by atoms with Gasteiger partial charge in [-0.2, -0.15) is 0 Å². The van der Waals surface area contributed by atoms with E-state index in [-0.39, 0.29) is 47.3 Å². The molecule has 3 N–H and O–H groups in total. The summed E-state index contributed by atoms with van der Waals surface area (Å²) in [4.78, 5) is 78.4. The number of ketones is 1. The third-order valence-electron chi connectivity index (χ3n) is 7.91. The molecule has 2 heterocycles. The normalized spacial score (nSPS) is 18.0. The molecule has 256 valence electrons. The lowest BCUT2D eigenvalue weighted by molar-refractivity contribution is -0.176. The van der Waals surface area contributed by atoms with Gasteiger partial charge in [0.1, 0.15) is 23.6 Å². The summed E-state index contributed by atoms with van der Waals surface area (Å²) in [7, 11) is 0. The van der Waals surface area contributed by atoms with Crippen molar-refractivity contribution >= 4 is 64.4 Å². The number of anilines is 1. The lowest BCUT2D eigenvalue weighted by Crippen LogP contribution is -2.64. The van der Waals surface area contributed by atoms with Crippen molar-refractivity contribution in [3.05, 3.63) is 88.4 Å². The van der Waals surface area contributed by atoms with Gasteiger partial charge in [0, 0.05) is 18.7 Å². The van der Waals surface area contributed by atoms with E-state index in [1.54, 1.807) is 30.3 Å². The highest BCUT2D eigenvalue weighted by Gasteiger charge is 2.45. The molecule has 0 radical (unpaired) electrons. The predicted molar refractivity (Wildman–Crippen MR) is 179 cm³/mol. The molecular formula is C34H33Cl2N5O8. The van der Waals surface area contributed by atoms with Gasteiger partial charge in [0.2, 0.25) is 11.8 Å². The third kappa shape index (κ3) is 8.67. The Kier molecular flexibility index (Phi) is 11.4. The molecule has 2 aliphatic heterocycles. The second-order valence-electron chi connectivity index (χ2n) is 11.4. The average Bonchev–Trinajstić information content (AvgIpc) is 3.20. The van der Waals surface area contributed by atoms with E-state index in [0.717, 1.165) is 5.01 Å². The van der Waals surface area contributed by atoms with Crippen molar-refractivity contribution in [2.75, 3.05) is 18.5 Å². The maximum atomic E-state index is 13.8. The number of halogens is 2. The van der Waals surface area contributed by atoms with Crippen LogP contribution in [-0.2, 0) is 23.9 Å². The minimum atomic E-state index is -1.13. The number of hydrogen-bond acceptors (Lipinski definition) is 8. The Morgan fingerprint density at radius 3 is 2.27 bits per heavy atom. The molecule has 3 atom stereocenters. The fourth-order valence-corrected chi connectivity index (χ4v) is 5.93. The minimum Gasteiger partial charge on any atom is -0.457 e. The number of urea groups is 1. The Morgan fingerprint density at radius 2 is 1.57 bits per heavy atom. The van der Waals surface area contributed by atoms with Crippen molar-refractivity contribution in [2.24, 2.45) is 0 Å². The number of amides is 5. The first-order chi connectivity index (χ1) is 23.5. The van der Waals surface area contributed by atoms with Crippen LogP contribution in [0.1, 0.15) is 43.0 Å². The van der Waals surface area contributed by atoms with E-state index in [4.69, 9.17) is 32.7 Å². The van der Waals surface area contributed by atoms with E-state index in [9.17, 15) is 28.8 Å². The molecule has 49 heavy (non-hydrogen) atoms. The van der Waals surface area contributed by atoms with Crippen LogP contribution in [0.4, 0.5) is 10.5 Å². The number of hydrogen-bond donors (Lipinski definition) is 3. The van der Waals surface area contributed by atoms with Crippen LogP contribution in [0.25, 0.3) is 0 Å². The van der Waals surface area contributed by atoms with Crippen LogP contribution in [0.3, 0.4) is 0 Å². The quantitative estimate of drug-likeness (QED) is 0.254. The Balaban J connectivity index is 1.18. The number of nitrogens with one attached hydrogen (secondary N) is 3. The highest BCUT2D eigenvalue weighted by molar-refractivity contribution is 6.39. The van der Waals surface area contributed by atoms with Gasteiger partial charge in [-0.1, -0.05) is 47.5 Å². The number of hydrazine groups is 1. The summed E-state index contributed by atoms with van der Waals surface area (Å²) in [5, 5.41) is 10.3. The number of carbonyl (C=O) groups is 6. The van der Waals surface area contributed by atoms with Crippen LogP contribution in [0.5, 0.6) is 11.5 Å². The number of Topliss-reactive ketones (excluding diaryl/α,β-unsaturated/α-hetero) is 1. The Labute approximate surface area is 291 Å². The summed E-state index contributed by atoms with van der Waals surface area (Å²) < 4.78 is 10.8. The van der Waals surface area contributed by atoms with Gasteiger partial charge >= 0.3 is 12.0 Å². The summed E-state index contributed by atoms with van der Waals surface area (Å²) in [5.41, 5.74) is 0.344. The average molecular weight is 711 g/mol. The van der Waals surface area contributed by atoms with Gasteiger partial charge in [-0.25, -0.2) is 14.6 Å². The molecule has 0 saturated carbocycles. The van der Waals surface area contributed by atoms with Gasteiger partial charge in [0.25, 0.3) is 5.91 Å². The zero-order valence-electron chi connectivity index (χ0n) is 26.3. The lowest BCUT2D eigenvalue weighted by atomic mass is 10.0. The summed E-state index contributed by atoms with van der Waals surface area (Å²) in [5.74, 6) is -2.03. The number of benzene rings is 3. The molecule has 0 spiro atoms. The van der Waals surface area contributed by atoms with Gasteiger partial charge in [-0.3, -0.25) is 24.2 Å². The van der Waals surface area contributed by atoms with Crippen LogP contribution in [0, 0.1) is 0 Å². The van der Waals surface area contributed by atoms with E-state index in [2.05, 4.69) is 16.0 Å². The first-order valence-electron chi connectivity index (χ1n) is 15.5.